The van der Waals surface area contributed by atoms with Crippen LogP contribution in [0.5, 0.6) is 0 Å². The van der Waals surface area contributed by atoms with Gasteiger partial charge in [-0.2, -0.15) is 0 Å². The summed E-state index contributed by atoms with van der Waals surface area (Å²) in [7, 11) is 1.39. The number of esters is 1. The molecule has 104 valence electrons. The van der Waals surface area contributed by atoms with Crippen LogP contribution in [0.25, 0.3) is 0 Å². The molecule has 2 aliphatic carbocycles. The number of hydrogen-bond donors (Lipinski definition) is 0. The lowest BCUT2D eigenvalue weighted by molar-refractivity contribution is -0.137. The lowest BCUT2D eigenvalue weighted by atomic mass is 9.57. The van der Waals surface area contributed by atoms with Crippen LogP contribution in [0.1, 0.15) is 39.5 Å². The zero-order valence-corrected chi connectivity index (χ0v) is 12.0. The van der Waals surface area contributed by atoms with Gasteiger partial charge in [0.05, 0.1) is 7.11 Å². The number of fused-ring (bicyclic) bond motifs is 1. The normalized spacial score (nSPS) is 34.3. The molecule has 1 saturated carbocycles. The van der Waals surface area contributed by atoms with Crippen LogP contribution in [0.2, 0.25) is 0 Å². The first-order chi connectivity index (χ1) is 8.87. The van der Waals surface area contributed by atoms with Crippen molar-refractivity contribution >= 4 is 11.8 Å². The van der Waals surface area contributed by atoms with E-state index < -0.39 is 0 Å². The van der Waals surface area contributed by atoms with Crippen LogP contribution in [-0.4, -0.2) is 18.9 Å². The Bertz CT molecular complexity index is 461. The third-order valence-corrected chi connectivity index (χ3v) is 4.88. The van der Waals surface area contributed by atoms with Crippen LogP contribution < -0.4 is 0 Å². The van der Waals surface area contributed by atoms with Crippen molar-refractivity contribution in [2.24, 2.45) is 17.3 Å². The predicted octanol–water partition coefficient (Wildman–Crippen LogP) is 3.06. The molecule has 0 radical (unpaired) electrons. The van der Waals surface area contributed by atoms with E-state index in [0.717, 1.165) is 24.8 Å². The number of allylic oxidation sites excluding steroid dienone is 2. The summed E-state index contributed by atoms with van der Waals surface area (Å²) >= 11 is 0. The zero-order chi connectivity index (χ0) is 14.2. The molecule has 1 fully saturated rings. The van der Waals surface area contributed by atoms with Gasteiger partial charge in [-0.25, -0.2) is 4.79 Å². The molecule has 0 aromatic carbocycles. The van der Waals surface area contributed by atoms with E-state index in [2.05, 4.69) is 13.5 Å². The predicted molar refractivity (Wildman–Crippen MR) is 73.5 cm³/mol. The maximum atomic E-state index is 11.7. The molecule has 19 heavy (non-hydrogen) atoms. The molecule has 3 atom stereocenters. The standard InChI is InChI=1S/C16H22O3/c1-10-7-13(17)9-16(3)6-5-12(8-14(10)16)11(2)15(18)19-4/h7,12,14H,2,5-6,8-9H2,1,3-4H3/t12-,14+,16+/m1/s1. The highest BCUT2D eigenvalue weighted by atomic mass is 16.5. The Morgan fingerprint density at radius 2 is 2.21 bits per heavy atom. The third kappa shape index (κ3) is 2.51. The minimum absolute atomic E-state index is 0.0583. The highest BCUT2D eigenvalue weighted by Crippen LogP contribution is 2.52. The summed E-state index contributed by atoms with van der Waals surface area (Å²) in [4.78, 5) is 23.3. The largest absolute Gasteiger partial charge is 0.466 e. The van der Waals surface area contributed by atoms with Crippen molar-refractivity contribution in [3.05, 3.63) is 23.8 Å². The minimum Gasteiger partial charge on any atom is -0.466 e. The molecule has 0 aromatic rings. The Hall–Kier alpha value is -1.38. The van der Waals surface area contributed by atoms with Gasteiger partial charge >= 0.3 is 5.97 Å². The van der Waals surface area contributed by atoms with Gasteiger partial charge in [-0.05, 0) is 49.5 Å². The van der Waals surface area contributed by atoms with Crippen molar-refractivity contribution in [2.75, 3.05) is 7.11 Å². The molecule has 0 heterocycles. The number of methoxy groups -OCH3 is 1. The quantitative estimate of drug-likeness (QED) is 0.567. The van der Waals surface area contributed by atoms with Crippen LogP contribution >= 0.6 is 0 Å². The Morgan fingerprint density at radius 1 is 1.53 bits per heavy atom. The van der Waals surface area contributed by atoms with Crippen LogP contribution in [-0.2, 0) is 14.3 Å². The van der Waals surface area contributed by atoms with E-state index in [1.54, 1.807) is 6.08 Å². The van der Waals surface area contributed by atoms with E-state index in [9.17, 15) is 9.59 Å². The average molecular weight is 262 g/mol. The summed E-state index contributed by atoms with van der Waals surface area (Å²) < 4.78 is 4.76. The molecule has 0 aliphatic heterocycles. The molecule has 2 aliphatic rings. The van der Waals surface area contributed by atoms with Gasteiger partial charge in [0.25, 0.3) is 0 Å². The van der Waals surface area contributed by atoms with Crippen molar-refractivity contribution in [1.82, 2.24) is 0 Å². The SMILES string of the molecule is C=C(C(=O)OC)[C@@H]1CC[C@@]2(C)CC(=O)C=C(C)[C@@H]2C1. The summed E-state index contributed by atoms with van der Waals surface area (Å²) in [5.74, 6) is 0.496. The van der Waals surface area contributed by atoms with Gasteiger partial charge in [0.15, 0.2) is 5.78 Å². The van der Waals surface area contributed by atoms with Crippen LogP contribution in [0, 0.1) is 17.3 Å². The van der Waals surface area contributed by atoms with E-state index in [1.807, 2.05) is 6.92 Å². The van der Waals surface area contributed by atoms with Gasteiger partial charge in [0, 0.05) is 12.0 Å². The van der Waals surface area contributed by atoms with Crippen molar-refractivity contribution in [2.45, 2.75) is 39.5 Å². The maximum Gasteiger partial charge on any atom is 0.333 e. The second kappa shape index (κ2) is 4.95. The Labute approximate surface area is 114 Å². The van der Waals surface area contributed by atoms with E-state index in [4.69, 9.17) is 4.74 Å². The summed E-state index contributed by atoms with van der Waals surface area (Å²) in [5.41, 5.74) is 1.79. The van der Waals surface area contributed by atoms with Gasteiger partial charge < -0.3 is 4.74 Å². The first kappa shape index (κ1) is 14.0. The number of rotatable bonds is 2. The average Bonchev–Trinajstić information content (AvgIpc) is 2.35. The first-order valence-electron chi connectivity index (χ1n) is 6.85. The van der Waals surface area contributed by atoms with Gasteiger partial charge in [0.2, 0.25) is 0 Å². The van der Waals surface area contributed by atoms with Crippen LogP contribution in [0.3, 0.4) is 0 Å². The lowest BCUT2D eigenvalue weighted by Crippen LogP contribution is -2.40. The first-order valence-corrected chi connectivity index (χ1v) is 6.85. The number of ether oxygens (including phenoxy) is 1. The summed E-state index contributed by atoms with van der Waals surface area (Å²) in [6.07, 6.45) is 5.19. The summed E-state index contributed by atoms with van der Waals surface area (Å²) in [6, 6.07) is 0. The number of ketones is 1. The molecule has 0 spiro atoms. The van der Waals surface area contributed by atoms with E-state index in [0.29, 0.717) is 17.9 Å². The highest BCUT2D eigenvalue weighted by molar-refractivity contribution is 5.92. The van der Waals surface area contributed by atoms with Crippen LogP contribution in [0.15, 0.2) is 23.8 Å². The van der Waals surface area contributed by atoms with Crippen molar-refractivity contribution in [3.63, 3.8) is 0 Å². The number of hydrogen-bond acceptors (Lipinski definition) is 3. The van der Waals surface area contributed by atoms with E-state index in [1.165, 1.54) is 7.11 Å². The third-order valence-electron chi connectivity index (χ3n) is 4.88. The zero-order valence-electron chi connectivity index (χ0n) is 12.0. The smallest absolute Gasteiger partial charge is 0.333 e. The molecule has 3 heteroatoms. The minimum atomic E-state index is -0.304. The Balaban J connectivity index is 2.19. The second-order valence-electron chi connectivity index (χ2n) is 6.23. The Kier molecular flexibility index (Phi) is 3.66. The van der Waals surface area contributed by atoms with Crippen molar-refractivity contribution in [3.8, 4) is 0 Å². The lowest BCUT2D eigenvalue weighted by Gasteiger charge is -2.47. The fraction of sp³-hybridized carbons (Fsp3) is 0.625. The molecule has 3 nitrogen and oxygen atoms in total. The van der Waals surface area contributed by atoms with Crippen molar-refractivity contribution < 1.29 is 14.3 Å². The molecule has 0 unspecified atom stereocenters. The number of carbonyl (C=O) groups is 2. The van der Waals surface area contributed by atoms with Gasteiger partial charge in [-0.1, -0.05) is 19.1 Å². The summed E-state index contributed by atoms with van der Waals surface area (Å²) in [6.45, 7) is 8.12. The van der Waals surface area contributed by atoms with E-state index in [-0.39, 0.29) is 23.1 Å². The molecular formula is C16H22O3. The van der Waals surface area contributed by atoms with Gasteiger partial charge in [0.1, 0.15) is 0 Å². The Morgan fingerprint density at radius 3 is 2.84 bits per heavy atom. The number of carbonyl (C=O) groups excluding carboxylic acids is 2. The molecule has 0 amide bonds. The van der Waals surface area contributed by atoms with Crippen LogP contribution in [0.4, 0.5) is 0 Å². The molecule has 0 saturated heterocycles. The fourth-order valence-corrected chi connectivity index (χ4v) is 3.73. The summed E-state index contributed by atoms with van der Waals surface area (Å²) in [5, 5.41) is 0. The van der Waals surface area contributed by atoms with Crippen molar-refractivity contribution in [1.29, 1.82) is 0 Å². The topological polar surface area (TPSA) is 43.4 Å². The molecule has 0 aromatic heterocycles. The molecular weight excluding hydrogens is 240 g/mol. The fourth-order valence-electron chi connectivity index (χ4n) is 3.73. The molecule has 0 N–H and O–H groups in total. The highest BCUT2D eigenvalue weighted by Gasteiger charge is 2.45. The van der Waals surface area contributed by atoms with Gasteiger partial charge in [-0.15, -0.1) is 0 Å². The maximum absolute atomic E-state index is 11.7. The van der Waals surface area contributed by atoms with E-state index >= 15 is 0 Å². The van der Waals surface area contributed by atoms with Gasteiger partial charge in [-0.3, -0.25) is 4.79 Å². The molecule has 0 bridgehead atoms. The molecule has 2 rings (SSSR count). The second-order valence-corrected chi connectivity index (χ2v) is 6.23. The monoisotopic (exact) mass is 262 g/mol.